The number of rotatable bonds is 4. The number of hydrogen-bond acceptors (Lipinski definition) is 6. The zero-order valence-electron chi connectivity index (χ0n) is 18.5. The highest BCUT2D eigenvalue weighted by atomic mass is 79.9. The summed E-state index contributed by atoms with van der Waals surface area (Å²) < 4.78 is 4.63. The third-order valence-corrected chi connectivity index (χ3v) is 9.56. The van der Waals surface area contributed by atoms with Crippen LogP contribution in [0.15, 0.2) is 103 Å². The lowest BCUT2D eigenvalue weighted by Crippen LogP contribution is -2.05. The van der Waals surface area contributed by atoms with Gasteiger partial charge in [0.15, 0.2) is 0 Å². The minimum atomic E-state index is 0.957. The van der Waals surface area contributed by atoms with Gasteiger partial charge < -0.3 is 0 Å². The molecule has 0 spiro atoms. The van der Waals surface area contributed by atoms with E-state index in [4.69, 9.17) is 10.2 Å². The highest BCUT2D eigenvalue weighted by Gasteiger charge is 2.18. The van der Waals surface area contributed by atoms with Gasteiger partial charge in [0.05, 0.1) is 29.7 Å². The molecule has 0 atom stereocenters. The fourth-order valence-corrected chi connectivity index (χ4v) is 7.90. The lowest BCUT2D eigenvalue weighted by Gasteiger charge is -2.00. The normalized spacial score (nSPS) is 13.1. The number of halogens is 2. The first-order chi connectivity index (χ1) is 17.7. The first kappa shape index (κ1) is 22.2. The van der Waals surface area contributed by atoms with Gasteiger partial charge in [0.2, 0.25) is 0 Å². The second-order valence-corrected chi connectivity index (χ2v) is 13.3. The maximum atomic E-state index is 4.88. The number of para-hydroxylation sites is 2. The predicted molar refractivity (Wildman–Crippen MR) is 161 cm³/mol. The van der Waals surface area contributed by atoms with Gasteiger partial charge in [-0.25, -0.2) is 0 Å². The summed E-state index contributed by atoms with van der Waals surface area (Å²) in [5.41, 5.74) is 8.43. The van der Waals surface area contributed by atoms with Crippen molar-refractivity contribution in [1.29, 1.82) is 0 Å². The molecule has 5 aromatic carbocycles. The summed E-state index contributed by atoms with van der Waals surface area (Å²) in [6.07, 6.45) is 0. The number of fused-ring (bicyclic) bond motifs is 6. The minimum Gasteiger partial charge on any atom is -0.278 e. The Balaban J connectivity index is 1.52. The molecular formula is C28H16Br2N4S2. The van der Waals surface area contributed by atoms with Gasteiger partial charge in [0.1, 0.15) is 0 Å². The van der Waals surface area contributed by atoms with Crippen molar-refractivity contribution in [3.63, 3.8) is 0 Å². The molecule has 0 radical (unpaired) electrons. The minimum absolute atomic E-state index is 0.957. The number of thiophene rings is 2. The standard InChI is InChI=1S/C28H16Br2N4S2/c29-23-13-21-25(33-31-15-7-3-1-4-8-15)17-11-20-18(12-19(17)27(21)35-23)26(22-14-24(30)36-28(20)22)34-32-16-9-5-2-6-10-16/h1-14,31-32H. The molecule has 0 aliphatic rings. The van der Waals surface area contributed by atoms with Gasteiger partial charge in [-0.3, -0.25) is 10.9 Å². The average molecular weight is 632 g/mol. The zero-order valence-corrected chi connectivity index (χ0v) is 23.4. The van der Waals surface area contributed by atoms with Gasteiger partial charge in [-0.1, -0.05) is 36.4 Å². The van der Waals surface area contributed by atoms with E-state index in [0.29, 0.717) is 0 Å². The van der Waals surface area contributed by atoms with E-state index in [2.05, 4.69) is 67.0 Å². The van der Waals surface area contributed by atoms with Crippen LogP contribution < -0.4 is 21.6 Å². The van der Waals surface area contributed by atoms with E-state index in [1.54, 1.807) is 22.7 Å². The monoisotopic (exact) mass is 630 g/mol. The van der Waals surface area contributed by atoms with Crippen LogP contribution in [0.3, 0.4) is 0 Å². The Bertz CT molecular complexity index is 1870. The van der Waals surface area contributed by atoms with Crippen LogP contribution in [0.2, 0.25) is 0 Å². The number of benzene rings is 3. The molecule has 0 saturated carbocycles. The van der Waals surface area contributed by atoms with Crippen LogP contribution in [0, 0.1) is 0 Å². The second kappa shape index (κ2) is 8.81. The third-order valence-electron chi connectivity index (χ3n) is 6.21. The summed E-state index contributed by atoms with van der Waals surface area (Å²) in [6.45, 7) is 0. The van der Waals surface area contributed by atoms with Gasteiger partial charge in [-0.2, -0.15) is 10.2 Å². The summed E-state index contributed by atoms with van der Waals surface area (Å²) in [7, 11) is 0. The lowest BCUT2D eigenvalue weighted by molar-refractivity contribution is 1.25. The first-order valence-electron chi connectivity index (χ1n) is 11.2. The number of nitrogens with zero attached hydrogens (tertiary/aromatic N) is 2. The molecule has 174 valence electrons. The van der Waals surface area contributed by atoms with E-state index >= 15 is 0 Å². The van der Waals surface area contributed by atoms with Crippen molar-refractivity contribution in [3.05, 3.63) is 103 Å². The van der Waals surface area contributed by atoms with E-state index in [9.17, 15) is 0 Å². The van der Waals surface area contributed by atoms with Crippen LogP contribution >= 0.6 is 54.5 Å². The largest absolute Gasteiger partial charge is 0.278 e. The van der Waals surface area contributed by atoms with Crippen LogP contribution in [-0.4, -0.2) is 0 Å². The summed E-state index contributed by atoms with van der Waals surface area (Å²) in [4.78, 5) is 0. The van der Waals surface area contributed by atoms with E-state index in [1.807, 2.05) is 60.7 Å². The molecule has 0 bridgehead atoms. The number of nitrogens with one attached hydrogen (secondary N) is 2. The Hall–Kier alpha value is -3.04. The Morgan fingerprint density at radius 3 is 1.33 bits per heavy atom. The molecule has 0 fully saturated rings. The van der Waals surface area contributed by atoms with Gasteiger partial charge in [0, 0.05) is 41.7 Å². The van der Waals surface area contributed by atoms with Gasteiger partial charge in [0.25, 0.3) is 0 Å². The molecule has 0 unspecified atom stereocenters. The highest BCUT2D eigenvalue weighted by Crippen LogP contribution is 2.40. The van der Waals surface area contributed by atoms with E-state index in [-0.39, 0.29) is 0 Å². The summed E-state index contributed by atoms with van der Waals surface area (Å²) in [6, 6.07) is 29.0. The molecule has 2 heterocycles. The molecule has 7 rings (SSSR count). The van der Waals surface area contributed by atoms with Crippen LogP contribution in [0.4, 0.5) is 11.4 Å². The molecule has 4 nitrogen and oxygen atoms in total. The summed E-state index contributed by atoms with van der Waals surface area (Å²) >= 11 is 10.9. The molecule has 36 heavy (non-hydrogen) atoms. The van der Waals surface area contributed by atoms with Crippen LogP contribution in [0.1, 0.15) is 0 Å². The molecule has 0 aliphatic carbocycles. The van der Waals surface area contributed by atoms with Crippen molar-refractivity contribution in [1.82, 2.24) is 0 Å². The van der Waals surface area contributed by atoms with Crippen LogP contribution in [0.5, 0.6) is 0 Å². The number of anilines is 2. The Kier molecular flexibility index (Phi) is 5.43. The smallest absolute Gasteiger partial charge is 0.0999 e. The molecule has 0 saturated heterocycles. The molecule has 0 aliphatic heterocycles. The van der Waals surface area contributed by atoms with Gasteiger partial charge in [-0.05, 0) is 80.4 Å². The summed E-state index contributed by atoms with van der Waals surface area (Å²) in [5, 5.41) is 18.6. The van der Waals surface area contributed by atoms with Crippen LogP contribution in [-0.2, 0) is 0 Å². The Morgan fingerprint density at radius 2 is 0.917 bits per heavy atom. The topological polar surface area (TPSA) is 48.8 Å². The Labute approximate surface area is 230 Å². The SMILES string of the molecule is Brc1cc2c(=NNc3ccccc3)c3cc4c(cc3c2s1)c(=NNc1ccccc1)c1cc(Br)sc14. The van der Waals surface area contributed by atoms with Crippen molar-refractivity contribution in [2.75, 3.05) is 10.9 Å². The average Bonchev–Trinajstić information content (AvgIpc) is 3.60. The van der Waals surface area contributed by atoms with Crippen molar-refractivity contribution in [3.8, 4) is 0 Å². The van der Waals surface area contributed by atoms with Crippen molar-refractivity contribution in [2.45, 2.75) is 0 Å². The fraction of sp³-hybridized carbons (Fsp3) is 0. The molecule has 2 aromatic heterocycles. The molecule has 8 heteroatoms. The first-order valence-corrected chi connectivity index (χ1v) is 14.4. The maximum absolute atomic E-state index is 4.88. The molecular weight excluding hydrogens is 616 g/mol. The van der Waals surface area contributed by atoms with E-state index < -0.39 is 0 Å². The van der Waals surface area contributed by atoms with E-state index in [1.165, 1.54) is 20.2 Å². The van der Waals surface area contributed by atoms with Crippen molar-refractivity contribution in [2.24, 2.45) is 10.2 Å². The van der Waals surface area contributed by atoms with Gasteiger partial charge >= 0.3 is 0 Å². The lowest BCUT2D eigenvalue weighted by atomic mass is 10.1. The van der Waals surface area contributed by atoms with Gasteiger partial charge in [-0.15, -0.1) is 22.7 Å². The van der Waals surface area contributed by atoms with Crippen molar-refractivity contribution >= 4 is 108 Å². The quantitative estimate of drug-likeness (QED) is 0.191. The number of hydrogen-bond donors (Lipinski definition) is 2. The molecule has 2 N–H and O–H groups in total. The molecule has 0 amide bonds. The van der Waals surface area contributed by atoms with Crippen LogP contribution in [0.25, 0.3) is 41.7 Å². The van der Waals surface area contributed by atoms with E-state index in [0.717, 1.165) is 51.2 Å². The summed E-state index contributed by atoms with van der Waals surface area (Å²) in [5.74, 6) is 0. The fourth-order valence-electron chi connectivity index (χ4n) is 4.64. The third kappa shape index (κ3) is 3.67. The predicted octanol–water partition coefficient (Wildman–Crippen LogP) is 8.68. The second-order valence-electron chi connectivity index (χ2n) is 8.41. The Morgan fingerprint density at radius 1 is 0.500 bits per heavy atom. The molecule has 7 aromatic rings. The maximum Gasteiger partial charge on any atom is 0.0999 e. The van der Waals surface area contributed by atoms with Crippen molar-refractivity contribution < 1.29 is 0 Å². The highest BCUT2D eigenvalue weighted by molar-refractivity contribution is 9.11. The zero-order chi connectivity index (χ0) is 24.2.